The number of nitrogens with zero attached hydrogens (tertiary/aromatic N) is 5. The highest BCUT2D eigenvalue weighted by Crippen LogP contribution is 2.19. The van der Waals surface area contributed by atoms with Crippen molar-refractivity contribution in [2.24, 2.45) is 0 Å². The average Bonchev–Trinajstić information content (AvgIpc) is 3.22. The van der Waals surface area contributed by atoms with Gasteiger partial charge in [-0.05, 0) is 23.8 Å². The van der Waals surface area contributed by atoms with E-state index in [1.54, 1.807) is 6.20 Å². The van der Waals surface area contributed by atoms with Crippen LogP contribution in [0.15, 0.2) is 48.8 Å². The van der Waals surface area contributed by atoms with Gasteiger partial charge < -0.3 is 20.7 Å². The lowest BCUT2D eigenvalue weighted by Gasteiger charge is -2.28. The SMILES string of the molecule is Nc1nc(NCc2cccc(-n3cccn3)c2)cc(N2CCOCC2)n1. The fourth-order valence-electron chi connectivity index (χ4n) is 2.92. The molecule has 8 nitrogen and oxygen atoms in total. The highest BCUT2D eigenvalue weighted by molar-refractivity contribution is 5.53. The molecule has 0 atom stereocenters. The van der Waals surface area contributed by atoms with E-state index >= 15 is 0 Å². The minimum atomic E-state index is 0.266. The minimum absolute atomic E-state index is 0.266. The van der Waals surface area contributed by atoms with Crippen LogP contribution in [0.1, 0.15) is 5.56 Å². The van der Waals surface area contributed by atoms with Gasteiger partial charge in [0.2, 0.25) is 5.95 Å². The maximum Gasteiger partial charge on any atom is 0.223 e. The summed E-state index contributed by atoms with van der Waals surface area (Å²) in [6.45, 7) is 3.65. The van der Waals surface area contributed by atoms with Gasteiger partial charge in [0.05, 0.1) is 18.9 Å². The number of nitrogen functional groups attached to an aromatic ring is 1. The van der Waals surface area contributed by atoms with E-state index < -0.39 is 0 Å². The first-order valence-electron chi connectivity index (χ1n) is 8.58. The highest BCUT2D eigenvalue weighted by Gasteiger charge is 2.14. The van der Waals surface area contributed by atoms with Crippen molar-refractivity contribution in [1.29, 1.82) is 0 Å². The van der Waals surface area contributed by atoms with Crippen LogP contribution in [0.5, 0.6) is 0 Å². The van der Waals surface area contributed by atoms with Crippen LogP contribution in [0.2, 0.25) is 0 Å². The second-order valence-corrected chi connectivity index (χ2v) is 6.04. The first-order valence-corrected chi connectivity index (χ1v) is 8.58. The van der Waals surface area contributed by atoms with Crippen LogP contribution in [0.4, 0.5) is 17.6 Å². The van der Waals surface area contributed by atoms with Crippen molar-refractivity contribution in [3.8, 4) is 5.69 Å². The Hall–Kier alpha value is -3.13. The van der Waals surface area contributed by atoms with Crippen molar-refractivity contribution < 1.29 is 4.74 Å². The van der Waals surface area contributed by atoms with Crippen LogP contribution in [0.3, 0.4) is 0 Å². The summed E-state index contributed by atoms with van der Waals surface area (Å²) in [7, 11) is 0. The van der Waals surface area contributed by atoms with Crippen LogP contribution in [-0.4, -0.2) is 46.1 Å². The number of rotatable bonds is 5. The molecule has 8 heteroatoms. The van der Waals surface area contributed by atoms with Crippen molar-refractivity contribution in [3.05, 3.63) is 54.4 Å². The fraction of sp³-hybridized carbons (Fsp3) is 0.278. The molecule has 0 radical (unpaired) electrons. The second-order valence-electron chi connectivity index (χ2n) is 6.04. The maximum absolute atomic E-state index is 5.89. The van der Waals surface area contributed by atoms with Crippen molar-refractivity contribution in [2.75, 3.05) is 42.3 Å². The summed E-state index contributed by atoms with van der Waals surface area (Å²) in [6.07, 6.45) is 3.69. The van der Waals surface area contributed by atoms with Gasteiger partial charge >= 0.3 is 0 Å². The van der Waals surface area contributed by atoms with E-state index in [4.69, 9.17) is 10.5 Å². The zero-order chi connectivity index (χ0) is 17.8. The third-order valence-electron chi connectivity index (χ3n) is 4.22. The quantitative estimate of drug-likeness (QED) is 0.722. The number of nitrogens with one attached hydrogen (secondary N) is 1. The van der Waals surface area contributed by atoms with Gasteiger partial charge in [-0.15, -0.1) is 0 Å². The Bertz CT molecular complexity index is 860. The third-order valence-corrected chi connectivity index (χ3v) is 4.22. The molecule has 0 saturated carbocycles. The molecule has 1 fully saturated rings. The zero-order valence-corrected chi connectivity index (χ0v) is 14.4. The van der Waals surface area contributed by atoms with Gasteiger partial charge in [-0.2, -0.15) is 15.1 Å². The number of morpholine rings is 1. The normalized spacial score (nSPS) is 14.4. The van der Waals surface area contributed by atoms with Gasteiger partial charge in [-0.1, -0.05) is 12.1 Å². The number of benzene rings is 1. The Kier molecular flexibility index (Phi) is 4.65. The molecule has 4 rings (SSSR count). The molecule has 1 aliphatic rings. The molecule has 0 aliphatic carbocycles. The van der Waals surface area contributed by atoms with Gasteiger partial charge in [-0.25, -0.2) is 4.68 Å². The van der Waals surface area contributed by atoms with E-state index in [0.29, 0.717) is 25.6 Å². The molecule has 3 N–H and O–H groups in total. The molecular weight excluding hydrogens is 330 g/mol. The molecule has 3 heterocycles. The van der Waals surface area contributed by atoms with Crippen LogP contribution in [-0.2, 0) is 11.3 Å². The summed E-state index contributed by atoms with van der Waals surface area (Å²) in [5.41, 5.74) is 8.04. The second kappa shape index (κ2) is 7.40. The van der Waals surface area contributed by atoms with E-state index in [1.807, 2.05) is 35.1 Å². The lowest BCUT2D eigenvalue weighted by molar-refractivity contribution is 0.122. The maximum atomic E-state index is 5.89. The molecule has 1 aromatic carbocycles. The highest BCUT2D eigenvalue weighted by atomic mass is 16.5. The molecule has 0 bridgehead atoms. The van der Waals surface area contributed by atoms with Gasteiger partial charge in [0.25, 0.3) is 0 Å². The monoisotopic (exact) mass is 351 g/mol. The minimum Gasteiger partial charge on any atom is -0.378 e. The summed E-state index contributed by atoms with van der Waals surface area (Å²) in [5, 5.41) is 7.60. The van der Waals surface area contributed by atoms with Crippen molar-refractivity contribution in [1.82, 2.24) is 19.7 Å². The molecule has 3 aromatic rings. The molecule has 1 saturated heterocycles. The Morgan fingerprint density at radius 2 is 2.00 bits per heavy atom. The molecule has 134 valence electrons. The summed E-state index contributed by atoms with van der Waals surface area (Å²) in [6, 6.07) is 12.0. The number of nitrogens with two attached hydrogens (primary N) is 1. The van der Waals surface area contributed by atoms with E-state index in [-0.39, 0.29) is 5.95 Å². The van der Waals surface area contributed by atoms with Crippen LogP contribution >= 0.6 is 0 Å². The summed E-state index contributed by atoms with van der Waals surface area (Å²) >= 11 is 0. The summed E-state index contributed by atoms with van der Waals surface area (Å²) in [4.78, 5) is 10.8. The predicted molar refractivity (Wildman–Crippen MR) is 100 cm³/mol. The van der Waals surface area contributed by atoms with E-state index in [0.717, 1.165) is 30.2 Å². The average molecular weight is 351 g/mol. The standard InChI is InChI=1S/C18H21N7O/c19-18-22-16(12-17(23-18)24-7-9-26-10-8-24)20-13-14-3-1-4-15(11-14)25-6-2-5-21-25/h1-6,11-12H,7-10,13H2,(H3,19,20,22,23). The fourth-order valence-corrected chi connectivity index (χ4v) is 2.92. The lowest BCUT2D eigenvalue weighted by atomic mass is 10.2. The van der Waals surface area contributed by atoms with Crippen LogP contribution < -0.4 is 16.0 Å². The van der Waals surface area contributed by atoms with Crippen LogP contribution in [0, 0.1) is 0 Å². The van der Waals surface area contributed by atoms with E-state index in [2.05, 4.69) is 37.4 Å². The molecule has 26 heavy (non-hydrogen) atoms. The molecule has 1 aliphatic heterocycles. The number of anilines is 3. The number of hydrogen-bond acceptors (Lipinski definition) is 7. The van der Waals surface area contributed by atoms with Gasteiger partial charge in [0.1, 0.15) is 11.6 Å². The Morgan fingerprint density at radius 3 is 2.81 bits per heavy atom. The predicted octanol–water partition coefficient (Wildman–Crippen LogP) is 1.69. The number of aromatic nitrogens is 4. The van der Waals surface area contributed by atoms with Gasteiger partial charge in [0.15, 0.2) is 0 Å². The van der Waals surface area contributed by atoms with Crippen molar-refractivity contribution in [3.63, 3.8) is 0 Å². The first kappa shape index (κ1) is 16.3. The summed E-state index contributed by atoms with van der Waals surface area (Å²) in [5.74, 6) is 1.80. The molecular formula is C18H21N7O. The Morgan fingerprint density at radius 1 is 1.12 bits per heavy atom. The topological polar surface area (TPSA) is 94.1 Å². The van der Waals surface area contributed by atoms with Crippen molar-refractivity contribution >= 4 is 17.6 Å². The van der Waals surface area contributed by atoms with Gasteiger partial charge in [-0.3, -0.25) is 0 Å². The summed E-state index contributed by atoms with van der Waals surface area (Å²) < 4.78 is 7.23. The first-order chi connectivity index (χ1) is 12.8. The zero-order valence-electron chi connectivity index (χ0n) is 14.4. The van der Waals surface area contributed by atoms with Crippen LogP contribution in [0.25, 0.3) is 5.69 Å². The van der Waals surface area contributed by atoms with E-state index in [9.17, 15) is 0 Å². The Labute approximate surface area is 151 Å². The van der Waals surface area contributed by atoms with Gasteiger partial charge in [0, 0.05) is 38.1 Å². The van der Waals surface area contributed by atoms with Crippen molar-refractivity contribution in [2.45, 2.75) is 6.54 Å². The third kappa shape index (κ3) is 3.75. The number of hydrogen-bond donors (Lipinski definition) is 2. The van der Waals surface area contributed by atoms with E-state index in [1.165, 1.54) is 0 Å². The largest absolute Gasteiger partial charge is 0.378 e. The lowest BCUT2D eigenvalue weighted by Crippen LogP contribution is -2.37. The Balaban J connectivity index is 1.48. The number of ether oxygens (including phenoxy) is 1. The molecule has 0 unspecified atom stereocenters. The smallest absolute Gasteiger partial charge is 0.223 e. The molecule has 0 spiro atoms. The molecule has 2 aromatic heterocycles. The molecule has 0 amide bonds.